The Morgan fingerprint density at radius 3 is 2.68 bits per heavy atom. The van der Waals surface area contributed by atoms with Gasteiger partial charge in [0.05, 0.1) is 25.2 Å². The van der Waals surface area contributed by atoms with Crippen molar-refractivity contribution >= 4 is 27.8 Å². The van der Waals surface area contributed by atoms with Crippen molar-refractivity contribution in [3.05, 3.63) is 53.4 Å². The molecule has 2 N–H and O–H groups in total. The first-order valence-corrected chi connectivity index (χ1v) is 9.64. The maximum absolute atomic E-state index is 15.6. The molecule has 0 saturated heterocycles. The molecule has 0 unspecified atom stereocenters. The number of fused-ring (bicyclic) bond motifs is 2. The van der Waals surface area contributed by atoms with E-state index >= 15 is 8.78 Å². The summed E-state index contributed by atoms with van der Waals surface area (Å²) in [5, 5.41) is 16.0. The lowest BCUT2D eigenvalue weighted by Gasteiger charge is -2.17. The maximum atomic E-state index is 15.6. The van der Waals surface area contributed by atoms with E-state index < -0.39 is 30.2 Å². The van der Waals surface area contributed by atoms with E-state index in [2.05, 4.69) is 10.2 Å². The lowest BCUT2D eigenvalue weighted by atomic mass is 9.97. The Morgan fingerprint density at radius 1 is 1.29 bits per heavy atom. The van der Waals surface area contributed by atoms with Crippen LogP contribution in [0.4, 0.5) is 13.2 Å². The van der Waals surface area contributed by atoms with Crippen molar-refractivity contribution in [1.82, 2.24) is 14.8 Å². The summed E-state index contributed by atoms with van der Waals surface area (Å²) in [6, 6.07) is 5.78. The summed E-state index contributed by atoms with van der Waals surface area (Å²) in [7, 11) is 1.32. The van der Waals surface area contributed by atoms with E-state index in [1.807, 2.05) is 0 Å². The average molecular weight is 431 g/mol. The number of methoxy groups -OCH3 is 1. The van der Waals surface area contributed by atoms with Gasteiger partial charge in [-0.2, -0.15) is 5.10 Å². The SMILES string of the molecule is COc1cc(-n2c(C(C)C)c([C@H](F)CC(=O)O)c3c(F)c4[nH]ncc4cc32)ccc1F. The van der Waals surface area contributed by atoms with Gasteiger partial charge in [0.25, 0.3) is 0 Å². The number of ether oxygens (including phenoxy) is 1. The number of aromatic nitrogens is 3. The van der Waals surface area contributed by atoms with Crippen LogP contribution in [0.2, 0.25) is 0 Å². The number of halogens is 3. The fourth-order valence-corrected chi connectivity index (χ4v) is 4.06. The highest BCUT2D eigenvalue weighted by molar-refractivity contribution is 6.00. The minimum atomic E-state index is -1.95. The van der Waals surface area contributed by atoms with Crippen molar-refractivity contribution in [2.75, 3.05) is 7.11 Å². The third-order valence-electron chi connectivity index (χ3n) is 5.29. The Balaban J connectivity index is 2.17. The van der Waals surface area contributed by atoms with Gasteiger partial charge in [-0.25, -0.2) is 13.2 Å². The van der Waals surface area contributed by atoms with E-state index in [1.54, 1.807) is 24.5 Å². The second-order valence-electron chi connectivity index (χ2n) is 7.59. The number of H-pyrrole nitrogens is 1. The van der Waals surface area contributed by atoms with Crippen LogP contribution >= 0.6 is 0 Å². The molecule has 2 heterocycles. The fourth-order valence-electron chi connectivity index (χ4n) is 4.06. The summed E-state index contributed by atoms with van der Waals surface area (Å²) >= 11 is 0. The van der Waals surface area contributed by atoms with E-state index in [4.69, 9.17) is 9.84 Å². The summed E-state index contributed by atoms with van der Waals surface area (Å²) in [4.78, 5) is 11.2. The summed E-state index contributed by atoms with van der Waals surface area (Å²) < 4.78 is 51.6. The van der Waals surface area contributed by atoms with Crippen molar-refractivity contribution in [2.45, 2.75) is 32.4 Å². The molecule has 9 heteroatoms. The van der Waals surface area contributed by atoms with Gasteiger partial charge in [0.2, 0.25) is 0 Å². The number of carboxylic acids is 1. The van der Waals surface area contributed by atoms with Gasteiger partial charge in [0.15, 0.2) is 17.4 Å². The fraction of sp³-hybridized carbons (Fsp3) is 0.273. The molecule has 2 aromatic carbocycles. The molecule has 0 spiro atoms. The predicted molar refractivity (Wildman–Crippen MR) is 110 cm³/mol. The molecule has 4 aromatic rings. The quantitative estimate of drug-likeness (QED) is 0.428. The molecule has 0 aliphatic rings. The van der Waals surface area contributed by atoms with Gasteiger partial charge < -0.3 is 14.4 Å². The summed E-state index contributed by atoms with van der Waals surface area (Å²) in [5.41, 5.74) is 1.22. The Bertz CT molecular complexity index is 1310. The molecule has 0 fully saturated rings. The second kappa shape index (κ2) is 7.64. The highest BCUT2D eigenvalue weighted by Crippen LogP contribution is 2.43. The number of nitrogens with zero attached hydrogens (tertiary/aromatic N) is 2. The topological polar surface area (TPSA) is 80.1 Å². The highest BCUT2D eigenvalue weighted by atomic mass is 19.1. The normalized spacial score (nSPS) is 12.7. The minimum absolute atomic E-state index is 0.0252. The zero-order chi connectivity index (χ0) is 22.4. The lowest BCUT2D eigenvalue weighted by molar-refractivity contribution is -0.138. The Morgan fingerprint density at radius 2 is 2.03 bits per heavy atom. The van der Waals surface area contributed by atoms with Gasteiger partial charge >= 0.3 is 5.97 Å². The molecule has 31 heavy (non-hydrogen) atoms. The number of aromatic amines is 1. The molecule has 6 nitrogen and oxygen atoms in total. The molecular formula is C22H20F3N3O3. The number of aliphatic carboxylic acids is 1. The maximum Gasteiger partial charge on any atom is 0.306 e. The van der Waals surface area contributed by atoms with E-state index in [0.29, 0.717) is 22.3 Å². The van der Waals surface area contributed by atoms with Gasteiger partial charge in [0.1, 0.15) is 11.7 Å². The van der Waals surface area contributed by atoms with E-state index in [1.165, 1.54) is 31.5 Å². The third kappa shape index (κ3) is 3.30. The molecule has 2 aromatic heterocycles. The van der Waals surface area contributed by atoms with Crippen LogP contribution in [-0.2, 0) is 4.79 Å². The van der Waals surface area contributed by atoms with Crippen molar-refractivity contribution in [3.63, 3.8) is 0 Å². The van der Waals surface area contributed by atoms with Gasteiger partial charge in [0, 0.05) is 33.8 Å². The van der Waals surface area contributed by atoms with E-state index in [9.17, 15) is 9.18 Å². The Labute approximate surface area is 175 Å². The summed E-state index contributed by atoms with van der Waals surface area (Å²) in [6.45, 7) is 3.60. The van der Waals surface area contributed by atoms with Crippen LogP contribution in [-0.4, -0.2) is 33.0 Å². The van der Waals surface area contributed by atoms with Gasteiger partial charge in [-0.1, -0.05) is 13.8 Å². The van der Waals surface area contributed by atoms with Crippen molar-refractivity contribution < 1.29 is 27.8 Å². The third-order valence-corrected chi connectivity index (χ3v) is 5.29. The molecule has 0 aliphatic carbocycles. The van der Waals surface area contributed by atoms with Crippen molar-refractivity contribution in [2.24, 2.45) is 0 Å². The predicted octanol–water partition coefficient (Wildman–Crippen LogP) is 5.40. The van der Waals surface area contributed by atoms with Crippen LogP contribution in [0.3, 0.4) is 0 Å². The molecule has 162 valence electrons. The largest absolute Gasteiger partial charge is 0.494 e. The van der Waals surface area contributed by atoms with Crippen molar-refractivity contribution in [1.29, 1.82) is 0 Å². The monoisotopic (exact) mass is 431 g/mol. The van der Waals surface area contributed by atoms with Crippen LogP contribution in [0.1, 0.15) is 43.6 Å². The number of nitrogens with one attached hydrogen (secondary N) is 1. The lowest BCUT2D eigenvalue weighted by Crippen LogP contribution is -2.08. The van der Waals surface area contributed by atoms with Crippen LogP contribution in [0.15, 0.2) is 30.5 Å². The van der Waals surface area contributed by atoms with E-state index in [0.717, 1.165) is 0 Å². The first kappa shape index (κ1) is 20.8. The number of rotatable bonds is 6. The summed E-state index contributed by atoms with van der Waals surface area (Å²) in [5.74, 6) is -2.96. The van der Waals surface area contributed by atoms with Crippen LogP contribution in [0.5, 0.6) is 5.75 Å². The first-order chi connectivity index (χ1) is 14.7. The molecule has 4 rings (SSSR count). The number of benzene rings is 2. The van der Waals surface area contributed by atoms with Crippen LogP contribution < -0.4 is 4.74 Å². The van der Waals surface area contributed by atoms with Crippen molar-refractivity contribution in [3.8, 4) is 11.4 Å². The second-order valence-corrected chi connectivity index (χ2v) is 7.59. The molecule has 0 amide bonds. The molecule has 0 radical (unpaired) electrons. The van der Waals surface area contributed by atoms with Crippen LogP contribution in [0.25, 0.3) is 27.5 Å². The van der Waals surface area contributed by atoms with Gasteiger partial charge in [-0.3, -0.25) is 9.89 Å². The molecular weight excluding hydrogens is 411 g/mol. The average Bonchev–Trinajstić information content (AvgIpc) is 3.31. The zero-order valence-corrected chi connectivity index (χ0v) is 17.0. The highest BCUT2D eigenvalue weighted by Gasteiger charge is 2.31. The molecule has 0 saturated carbocycles. The number of carbonyl (C=O) groups is 1. The Hall–Kier alpha value is -3.49. The zero-order valence-electron chi connectivity index (χ0n) is 17.0. The number of carboxylic acid groups (broad SMARTS) is 1. The number of hydrogen-bond acceptors (Lipinski definition) is 3. The standard InChI is InChI=1S/C22H20F3N3O3/c1-10(2)22-18(14(24)8-17(29)30)19-15(6-11-9-26-27-21(11)20(19)25)28(22)12-4-5-13(23)16(7-12)31-3/h4-7,9-10,14H,8H2,1-3H3,(H,26,27)(H,29,30)/t14-/m1/s1. The van der Waals surface area contributed by atoms with Crippen LogP contribution in [0, 0.1) is 11.6 Å². The molecule has 0 bridgehead atoms. The van der Waals surface area contributed by atoms with E-state index in [-0.39, 0.29) is 28.1 Å². The molecule has 1 atom stereocenters. The minimum Gasteiger partial charge on any atom is -0.494 e. The van der Waals surface area contributed by atoms with Gasteiger partial charge in [-0.05, 0) is 24.1 Å². The number of alkyl halides is 1. The first-order valence-electron chi connectivity index (χ1n) is 9.64. The van der Waals surface area contributed by atoms with Gasteiger partial charge in [-0.15, -0.1) is 0 Å². The smallest absolute Gasteiger partial charge is 0.306 e. The summed E-state index contributed by atoms with van der Waals surface area (Å²) in [6.07, 6.45) is -1.32. The number of hydrogen-bond donors (Lipinski definition) is 2. The molecule has 0 aliphatic heterocycles. The Kier molecular flexibility index (Phi) is 5.12.